The van der Waals surface area contributed by atoms with Crippen LogP contribution in [0.3, 0.4) is 0 Å². The fourth-order valence-electron chi connectivity index (χ4n) is 2.05. The number of piperidine rings is 1. The first kappa shape index (κ1) is 12.0. The standard InChI is InChI=1S/C11H24N2O/c1-10(12)5-8-13-7-4-6-11(2,9-13)14-3/h10H,4-9,12H2,1-3H3. The van der Waals surface area contributed by atoms with Crippen LogP contribution in [0.4, 0.5) is 0 Å². The average molecular weight is 200 g/mol. The number of nitrogens with zero attached hydrogens (tertiary/aromatic N) is 1. The van der Waals surface area contributed by atoms with Gasteiger partial charge in [-0.15, -0.1) is 0 Å². The molecule has 0 bridgehead atoms. The van der Waals surface area contributed by atoms with Crippen LogP contribution in [0.2, 0.25) is 0 Å². The topological polar surface area (TPSA) is 38.5 Å². The van der Waals surface area contributed by atoms with Crippen molar-refractivity contribution in [3.63, 3.8) is 0 Å². The van der Waals surface area contributed by atoms with E-state index in [1.54, 1.807) is 0 Å². The highest BCUT2D eigenvalue weighted by atomic mass is 16.5. The summed E-state index contributed by atoms with van der Waals surface area (Å²) in [5.41, 5.74) is 5.82. The molecule has 1 aliphatic rings. The Morgan fingerprint density at radius 1 is 1.57 bits per heavy atom. The maximum absolute atomic E-state index is 5.75. The van der Waals surface area contributed by atoms with Crippen molar-refractivity contribution < 1.29 is 4.74 Å². The second kappa shape index (κ2) is 5.10. The molecule has 0 spiro atoms. The SMILES string of the molecule is COC1(C)CCCN(CCC(C)N)C1. The van der Waals surface area contributed by atoms with Gasteiger partial charge in [0.25, 0.3) is 0 Å². The van der Waals surface area contributed by atoms with Gasteiger partial charge < -0.3 is 15.4 Å². The van der Waals surface area contributed by atoms with Gasteiger partial charge in [0.2, 0.25) is 0 Å². The Labute approximate surface area is 87.6 Å². The number of hydrogen-bond acceptors (Lipinski definition) is 3. The minimum absolute atomic E-state index is 0.0656. The van der Waals surface area contributed by atoms with Gasteiger partial charge in [-0.1, -0.05) is 0 Å². The molecule has 1 aliphatic heterocycles. The van der Waals surface area contributed by atoms with Crippen LogP contribution in [0.15, 0.2) is 0 Å². The zero-order chi connectivity index (χ0) is 10.6. The monoisotopic (exact) mass is 200 g/mol. The highest BCUT2D eigenvalue weighted by Crippen LogP contribution is 2.23. The van der Waals surface area contributed by atoms with Crippen LogP contribution in [-0.4, -0.2) is 43.3 Å². The number of methoxy groups -OCH3 is 1. The lowest BCUT2D eigenvalue weighted by molar-refractivity contribution is -0.0509. The van der Waals surface area contributed by atoms with Gasteiger partial charge in [-0.3, -0.25) is 0 Å². The van der Waals surface area contributed by atoms with Crippen molar-refractivity contribution >= 4 is 0 Å². The first-order valence-electron chi connectivity index (χ1n) is 5.59. The van der Waals surface area contributed by atoms with Gasteiger partial charge in [0.15, 0.2) is 0 Å². The molecule has 0 aromatic carbocycles. The van der Waals surface area contributed by atoms with Gasteiger partial charge in [0.05, 0.1) is 5.60 Å². The van der Waals surface area contributed by atoms with Crippen LogP contribution in [0.5, 0.6) is 0 Å². The van der Waals surface area contributed by atoms with Crippen molar-refractivity contribution in [1.29, 1.82) is 0 Å². The van der Waals surface area contributed by atoms with E-state index in [1.165, 1.54) is 19.4 Å². The van der Waals surface area contributed by atoms with Crippen LogP contribution in [0.1, 0.15) is 33.1 Å². The lowest BCUT2D eigenvalue weighted by Gasteiger charge is -2.39. The minimum Gasteiger partial charge on any atom is -0.377 e. The summed E-state index contributed by atoms with van der Waals surface area (Å²) in [6, 6.07) is 0.311. The van der Waals surface area contributed by atoms with Gasteiger partial charge in [-0.05, 0) is 46.2 Å². The Morgan fingerprint density at radius 2 is 2.29 bits per heavy atom. The van der Waals surface area contributed by atoms with Gasteiger partial charge in [-0.25, -0.2) is 0 Å². The van der Waals surface area contributed by atoms with E-state index in [0.29, 0.717) is 6.04 Å². The van der Waals surface area contributed by atoms with E-state index in [2.05, 4.69) is 18.7 Å². The fraction of sp³-hybridized carbons (Fsp3) is 1.00. The Balaban J connectivity index is 2.33. The van der Waals surface area contributed by atoms with E-state index in [4.69, 9.17) is 10.5 Å². The van der Waals surface area contributed by atoms with E-state index < -0.39 is 0 Å². The molecular formula is C11H24N2O. The predicted octanol–water partition coefficient (Wildman–Crippen LogP) is 1.22. The quantitative estimate of drug-likeness (QED) is 0.741. The molecule has 0 saturated carbocycles. The molecule has 0 aliphatic carbocycles. The molecule has 0 amide bonds. The number of likely N-dealkylation sites (tertiary alicyclic amines) is 1. The average Bonchev–Trinajstić information content (AvgIpc) is 2.15. The first-order chi connectivity index (χ1) is 6.56. The van der Waals surface area contributed by atoms with Crippen LogP contribution in [0, 0.1) is 0 Å². The van der Waals surface area contributed by atoms with Crippen LogP contribution in [-0.2, 0) is 4.74 Å². The number of nitrogens with two attached hydrogens (primary N) is 1. The molecule has 0 aromatic rings. The molecule has 0 aromatic heterocycles. The molecule has 2 atom stereocenters. The summed E-state index contributed by atoms with van der Waals surface area (Å²) >= 11 is 0. The molecule has 1 rings (SSSR count). The van der Waals surface area contributed by atoms with E-state index in [-0.39, 0.29) is 5.60 Å². The summed E-state index contributed by atoms with van der Waals surface area (Å²) in [7, 11) is 1.81. The summed E-state index contributed by atoms with van der Waals surface area (Å²) in [4.78, 5) is 2.47. The Hall–Kier alpha value is -0.120. The van der Waals surface area contributed by atoms with Gasteiger partial charge >= 0.3 is 0 Å². The third-order valence-corrected chi connectivity index (χ3v) is 3.13. The zero-order valence-electron chi connectivity index (χ0n) is 9.75. The molecule has 1 heterocycles. The van der Waals surface area contributed by atoms with Crippen molar-refractivity contribution in [2.75, 3.05) is 26.7 Å². The number of ether oxygens (including phenoxy) is 1. The predicted molar refractivity (Wildman–Crippen MR) is 59.4 cm³/mol. The lowest BCUT2D eigenvalue weighted by atomic mass is 9.94. The summed E-state index contributed by atoms with van der Waals surface area (Å²) in [5.74, 6) is 0. The van der Waals surface area contributed by atoms with Crippen LogP contribution >= 0.6 is 0 Å². The first-order valence-corrected chi connectivity index (χ1v) is 5.59. The zero-order valence-corrected chi connectivity index (χ0v) is 9.75. The van der Waals surface area contributed by atoms with Crippen molar-refractivity contribution in [1.82, 2.24) is 4.90 Å². The second-order valence-corrected chi connectivity index (χ2v) is 4.80. The third kappa shape index (κ3) is 3.56. The molecule has 2 N–H and O–H groups in total. The van der Waals surface area contributed by atoms with E-state index in [1.807, 2.05) is 7.11 Å². The molecule has 1 saturated heterocycles. The fourth-order valence-corrected chi connectivity index (χ4v) is 2.05. The molecule has 3 nitrogen and oxygen atoms in total. The van der Waals surface area contributed by atoms with Crippen molar-refractivity contribution in [3.8, 4) is 0 Å². The summed E-state index contributed by atoms with van der Waals surface area (Å²) in [6.07, 6.45) is 3.50. The van der Waals surface area contributed by atoms with Gasteiger partial charge in [0, 0.05) is 19.7 Å². The largest absolute Gasteiger partial charge is 0.377 e. The Morgan fingerprint density at radius 3 is 2.86 bits per heavy atom. The minimum atomic E-state index is 0.0656. The molecule has 14 heavy (non-hydrogen) atoms. The van der Waals surface area contributed by atoms with Crippen molar-refractivity contribution in [2.24, 2.45) is 5.73 Å². The molecule has 1 fully saturated rings. The van der Waals surface area contributed by atoms with Crippen LogP contribution in [0.25, 0.3) is 0 Å². The van der Waals surface area contributed by atoms with Crippen molar-refractivity contribution in [2.45, 2.75) is 44.8 Å². The van der Waals surface area contributed by atoms with Gasteiger partial charge in [-0.2, -0.15) is 0 Å². The highest BCUT2D eigenvalue weighted by molar-refractivity contribution is 4.84. The second-order valence-electron chi connectivity index (χ2n) is 4.80. The maximum atomic E-state index is 5.75. The molecule has 84 valence electrons. The summed E-state index contributed by atoms with van der Waals surface area (Å²) in [6.45, 7) is 7.63. The summed E-state index contributed by atoms with van der Waals surface area (Å²) < 4.78 is 5.54. The highest BCUT2D eigenvalue weighted by Gasteiger charge is 2.30. The summed E-state index contributed by atoms with van der Waals surface area (Å²) in [5, 5.41) is 0. The Kier molecular flexibility index (Phi) is 4.35. The van der Waals surface area contributed by atoms with Gasteiger partial charge in [0.1, 0.15) is 0 Å². The molecule has 0 radical (unpaired) electrons. The normalized spacial score (nSPS) is 31.7. The van der Waals surface area contributed by atoms with E-state index in [9.17, 15) is 0 Å². The molecular weight excluding hydrogens is 176 g/mol. The van der Waals surface area contributed by atoms with E-state index in [0.717, 1.165) is 19.5 Å². The Bertz CT molecular complexity index is 173. The number of hydrogen-bond donors (Lipinski definition) is 1. The molecule has 3 heteroatoms. The van der Waals surface area contributed by atoms with E-state index >= 15 is 0 Å². The van der Waals surface area contributed by atoms with Crippen molar-refractivity contribution in [3.05, 3.63) is 0 Å². The third-order valence-electron chi connectivity index (χ3n) is 3.13. The number of rotatable bonds is 4. The van der Waals surface area contributed by atoms with Crippen LogP contribution < -0.4 is 5.73 Å². The maximum Gasteiger partial charge on any atom is 0.0777 e. The smallest absolute Gasteiger partial charge is 0.0777 e. The lowest BCUT2D eigenvalue weighted by Crippen LogP contribution is -2.48. The molecule has 2 unspecified atom stereocenters.